The normalized spacial score (nSPS) is 11.4. The highest BCUT2D eigenvalue weighted by atomic mass is 35.5. The van der Waals surface area contributed by atoms with Gasteiger partial charge in [0.1, 0.15) is 16.4 Å². The van der Waals surface area contributed by atoms with Crippen LogP contribution in [0.3, 0.4) is 0 Å². The predicted octanol–water partition coefficient (Wildman–Crippen LogP) is 2.93. The second kappa shape index (κ2) is 5.93. The first kappa shape index (κ1) is 15.6. The van der Waals surface area contributed by atoms with Crippen molar-refractivity contribution in [2.75, 3.05) is 12.8 Å². The molecule has 0 unspecified atom stereocenters. The number of aryl methyl sites for hydroxylation is 1. The van der Waals surface area contributed by atoms with Crippen molar-refractivity contribution in [3.63, 3.8) is 0 Å². The number of sulfonamides is 1. The molecule has 0 radical (unpaired) electrons. The van der Waals surface area contributed by atoms with Crippen LogP contribution in [0.15, 0.2) is 41.3 Å². The van der Waals surface area contributed by atoms with Crippen molar-refractivity contribution in [3.05, 3.63) is 47.0 Å². The number of ether oxygens (including phenoxy) is 1. The maximum Gasteiger partial charge on any atom is 0.244 e. The molecule has 0 atom stereocenters. The Labute approximate surface area is 128 Å². The Kier molecular flexibility index (Phi) is 4.41. The standard InChI is InChI=1S/C14H15ClN2O3S/c1-9-3-5-11(15)13(7-9)20-12-6-4-10(16)8-14(12)21(18,19)17-2/h3-8,17H,16H2,1-2H3. The molecular formula is C14H15ClN2O3S. The number of benzene rings is 2. The minimum absolute atomic E-state index is 0.0393. The molecule has 0 saturated carbocycles. The van der Waals surface area contributed by atoms with E-state index < -0.39 is 10.0 Å². The molecule has 2 aromatic rings. The van der Waals surface area contributed by atoms with Gasteiger partial charge in [-0.25, -0.2) is 13.1 Å². The van der Waals surface area contributed by atoms with E-state index in [1.54, 1.807) is 18.2 Å². The van der Waals surface area contributed by atoms with Crippen LogP contribution in [0.25, 0.3) is 0 Å². The number of nitrogens with one attached hydrogen (secondary N) is 1. The Morgan fingerprint density at radius 3 is 2.52 bits per heavy atom. The summed E-state index contributed by atoms with van der Waals surface area (Å²) in [6, 6.07) is 9.66. The molecule has 3 N–H and O–H groups in total. The third kappa shape index (κ3) is 3.47. The molecule has 0 heterocycles. The van der Waals surface area contributed by atoms with Crippen molar-refractivity contribution in [1.29, 1.82) is 0 Å². The van der Waals surface area contributed by atoms with Gasteiger partial charge in [-0.1, -0.05) is 17.7 Å². The third-order valence-corrected chi connectivity index (χ3v) is 4.58. The second-order valence-corrected chi connectivity index (χ2v) is 6.71. The van der Waals surface area contributed by atoms with Crippen molar-refractivity contribution in [2.45, 2.75) is 11.8 Å². The fraction of sp³-hybridized carbons (Fsp3) is 0.143. The number of anilines is 1. The highest BCUT2D eigenvalue weighted by molar-refractivity contribution is 7.89. The highest BCUT2D eigenvalue weighted by Gasteiger charge is 2.19. The van der Waals surface area contributed by atoms with Gasteiger partial charge in [-0.15, -0.1) is 0 Å². The van der Waals surface area contributed by atoms with Crippen molar-refractivity contribution >= 4 is 27.3 Å². The lowest BCUT2D eigenvalue weighted by molar-refractivity contribution is 0.467. The maximum atomic E-state index is 12.0. The van der Waals surface area contributed by atoms with Crippen molar-refractivity contribution < 1.29 is 13.2 Å². The third-order valence-electron chi connectivity index (χ3n) is 2.83. The van der Waals surface area contributed by atoms with Gasteiger partial charge in [-0.2, -0.15) is 0 Å². The van der Waals surface area contributed by atoms with E-state index in [9.17, 15) is 8.42 Å². The van der Waals surface area contributed by atoms with Gasteiger partial charge in [0.2, 0.25) is 10.0 Å². The zero-order valence-electron chi connectivity index (χ0n) is 11.6. The molecule has 0 aromatic heterocycles. The minimum Gasteiger partial charge on any atom is -0.454 e. The van der Waals surface area contributed by atoms with Crippen LogP contribution < -0.4 is 15.2 Å². The molecular weight excluding hydrogens is 312 g/mol. The Morgan fingerprint density at radius 2 is 1.86 bits per heavy atom. The molecule has 0 amide bonds. The van der Waals surface area contributed by atoms with E-state index in [1.165, 1.54) is 19.2 Å². The summed E-state index contributed by atoms with van der Waals surface area (Å²) >= 11 is 6.06. The average Bonchev–Trinajstić information content (AvgIpc) is 2.44. The first-order valence-electron chi connectivity index (χ1n) is 6.10. The fourth-order valence-corrected chi connectivity index (χ4v) is 2.78. The molecule has 21 heavy (non-hydrogen) atoms. The van der Waals surface area contributed by atoms with Gasteiger partial charge in [0.05, 0.1) is 5.02 Å². The van der Waals surface area contributed by atoms with Gasteiger partial charge < -0.3 is 10.5 Å². The van der Waals surface area contributed by atoms with E-state index in [0.29, 0.717) is 16.5 Å². The SMILES string of the molecule is CNS(=O)(=O)c1cc(N)ccc1Oc1cc(C)ccc1Cl. The largest absolute Gasteiger partial charge is 0.454 e. The van der Waals surface area contributed by atoms with Gasteiger partial charge in [-0.3, -0.25) is 0 Å². The molecule has 0 aliphatic rings. The molecule has 7 heteroatoms. The van der Waals surface area contributed by atoms with E-state index in [0.717, 1.165) is 5.56 Å². The minimum atomic E-state index is -3.69. The lowest BCUT2D eigenvalue weighted by Gasteiger charge is -2.13. The zero-order chi connectivity index (χ0) is 15.6. The summed E-state index contributed by atoms with van der Waals surface area (Å²) in [4.78, 5) is -0.0393. The van der Waals surface area contributed by atoms with E-state index in [-0.39, 0.29) is 10.6 Å². The molecule has 5 nitrogen and oxygen atoms in total. The predicted molar refractivity (Wildman–Crippen MR) is 83.4 cm³/mol. The summed E-state index contributed by atoms with van der Waals surface area (Å²) < 4.78 is 32.0. The Hall–Kier alpha value is -1.76. The van der Waals surface area contributed by atoms with Crippen LogP contribution in [0.4, 0.5) is 5.69 Å². The van der Waals surface area contributed by atoms with Crippen LogP contribution in [0, 0.1) is 6.92 Å². The molecule has 2 rings (SSSR count). The van der Waals surface area contributed by atoms with Gasteiger partial charge >= 0.3 is 0 Å². The van der Waals surface area contributed by atoms with E-state index in [4.69, 9.17) is 22.1 Å². The average molecular weight is 327 g/mol. The Bertz CT molecular complexity index is 776. The highest BCUT2D eigenvalue weighted by Crippen LogP contribution is 2.34. The zero-order valence-corrected chi connectivity index (χ0v) is 13.1. The number of hydrogen-bond acceptors (Lipinski definition) is 4. The molecule has 0 bridgehead atoms. The number of rotatable bonds is 4. The first-order valence-corrected chi connectivity index (χ1v) is 7.96. The van der Waals surface area contributed by atoms with Crippen LogP contribution in [0.2, 0.25) is 5.02 Å². The van der Waals surface area contributed by atoms with Crippen LogP contribution in [-0.4, -0.2) is 15.5 Å². The van der Waals surface area contributed by atoms with Crippen LogP contribution >= 0.6 is 11.6 Å². The summed E-state index contributed by atoms with van der Waals surface area (Å²) in [7, 11) is -2.37. The van der Waals surface area contributed by atoms with Gasteiger partial charge in [0.25, 0.3) is 0 Å². The van der Waals surface area contributed by atoms with Crippen molar-refractivity contribution in [2.24, 2.45) is 0 Å². The number of halogens is 1. The second-order valence-electron chi connectivity index (χ2n) is 4.45. The van der Waals surface area contributed by atoms with Crippen molar-refractivity contribution in [3.8, 4) is 11.5 Å². The quantitative estimate of drug-likeness (QED) is 0.846. The van der Waals surface area contributed by atoms with Gasteiger partial charge in [0, 0.05) is 5.69 Å². The molecule has 0 saturated heterocycles. The van der Waals surface area contributed by atoms with E-state index in [2.05, 4.69) is 4.72 Å². The topological polar surface area (TPSA) is 81.4 Å². The Morgan fingerprint density at radius 1 is 1.14 bits per heavy atom. The van der Waals surface area contributed by atoms with Crippen LogP contribution in [-0.2, 0) is 10.0 Å². The summed E-state index contributed by atoms with van der Waals surface area (Å²) in [5.74, 6) is 0.542. The summed E-state index contributed by atoms with van der Waals surface area (Å²) in [5.41, 5.74) is 6.93. The first-order chi connectivity index (χ1) is 9.83. The van der Waals surface area contributed by atoms with E-state index >= 15 is 0 Å². The van der Waals surface area contributed by atoms with Crippen LogP contribution in [0.5, 0.6) is 11.5 Å². The molecule has 0 fully saturated rings. The molecule has 0 aliphatic carbocycles. The lowest BCUT2D eigenvalue weighted by Crippen LogP contribution is -2.19. The van der Waals surface area contributed by atoms with Gasteiger partial charge in [0.15, 0.2) is 0 Å². The monoisotopic (exact) mass is 326 g/mol. The summed E-state index contributed by atoms with van der Waals surface area (Å²) in [6.45, 7) is 1.89. The summed E-state index contributed by atoms with van der Waals surface area (Å²) in [6.07, 6.45) is 0. The molecule has 0 aliphatic heterocycles. The van der Waals surface area contributed by atoms with Crippen molar-refractivity contribution in [1.82, 2.24) is 4.72 Å². The van der Waals surface area contributed by atoms with E-state index in [1.807, 2.05) is 13.0 Å². The smallest absolute Gasteiger partial charge is 0.244 e. The van der Waals surface area contributed by atoms with Gasteiger partial charge in [-0.05, 0) is 49.9 Å². The molecule has 112 valence electrons. The molecule has 2 aromatic carbocycles. The number of hydrogen-bond donors (Lipinski definition) is 2. The fourth-order valence-electron chi connectivity index (χ4n) is 1.74. The van der Waals surface area contributed by atoms with Crippen LogP contribution in [0.1, 0.15) is 5.56 Å². The summed E-state index contributed by atoms with van der Waals surface area (Å²) in [5, 5.41) is 0.394. The number of nitrogen functional groups attached to an aromatic ring is 1. The molecule has 0 spiro atoms. The number of nitrogens with two attached hydrogens (primary N) is 1. The Balaban J connectivity index is 2.52. The lowest BCUT2D eigenvalue weighted by atomic mass is 10.2. The maximum absolute atomic E-state index is 12.0.